The van der Waals surface area contributed by atoms with Gasteiger partial charge in [0, 0.05) is 23.5 Å². The number of nitrogens with zero attached hydrogens (tertiary/aromatic N) is 1. The minimum absolute atomic E-state index is 0.0885. The zero-order chi connectivity index (χ0) is 9.84. The Morgan fingerprint density at radius 1 is 1.69 bits per heavy atom. The molecule has 0 bridgehead atoms. The van der Waals surface area contributed by atoms with Gasteiger partial charge in [0.2, 0.25) is 0 Å². The number of carbonyl (C=O) groups is 1. The molecule has 68 valence electrons. The van der Waals surface area contributed by atoms with Crippen LogP contribution in [0.3, 0.4) is 0 Å². The lowest BCUT2D eigenvalue weighted by Gasteiger charge is -2.01. The summed E-state index contributed by atoms with van der Waals surface area (Å²) < 4.78 is 0. The third-order valence-electron chi connectivity index (χ3n) is 1.35. The maximum atomic E-state index is 10.3. The Kier molecular flexibility index (Phi) is 2.87. The fraction of sp³-hybridized carbons (Fsp3) is 0. The highest BCUT2D eigenvalue weighted by Crippen LogP contribution is 2.16. The van der Waals surface area contributed by atoms with Crippen LogP contribution >= 0.6 is 11.6 Å². The smallest absolute Gasteiger partial charge is 0.330 e. The Morgan fingerprint density at radius 3 is 2.92 bits per heavy atom. The van der Waals surface area contributed by atoms with Crippen LogP contribution < -0.4 is 5.73 Å². The molecule has 0 fully saturated rings. The molecule has 5 heteroatoms. The lowest BCUT2D eigenvalue weighted by atomic mass is 10.2. The third-order valence-corrected chi connectivity index (χ3v) is 1.65. The Morgan fingerprint density at radius 2 is 2.38 bits per heavy atom. The maximum Gasteiger partial charge on any atom is 0.330 e. The minimum Gasteiger partial charge on any atom is -0.478 e. The van der Waals surface area contributed by atoms with Crippen molar-refractivity contribution in [3.05, 3.63) is 35.1 Å². The SMILES string of the molecule is N/C(=C/C(=O)O)c1cccnc1Cl. The van der Waals surface area contributed by atoms with E-state index in [1.807, 2.05) is 0 Å². The van der Waals surface area contributed by atoms with Gasteiger partial charge in [0.05, 0.1) is 0 Å². The summed E-state index contributed by atoms with van der Waals surface area (Å²) in [6.45, 7) is 0. The van der Waals surface area contributed by atoms with Crippen molar-refractivity contribution in [1.82, 2.24) is 4.98 Å². The van der Waals surface area contributed by atoms with Crippen molar-refractivity contribution in [1.29, 1.82) is 0 Å². The van der Waals surface area contributed by atoms with E-state index in [2.05, 4.69) is 4.98 Å². The van der Waals surface area contributed by atoms with Crippen LogP contribution in [-0.2, 0) is 4.79 Å². The van der Waals surface area contributed by atoms with Crippen LogP contribution in [0.15, 0.2) is 24.4 Å². The minimum atomic E-state index is -1.11. The van der Waals surface area contributed by atoms with Gasteiger partial charge in [-0.3, -0.25) is 0 Å². The van der Waals surface area contributed by atoms with Crippen molar-refractivity contribution in [2.24, 2.45) is 5.73 Å². The van der Waals surface area contributed by atoms with Gasteiger partial charge < -0.3 is 10.8 Å². The summed E-state index contributed by atoms with van der Waals surface area (Å²) in [5.41, 5.74) is 5.96. The number of rotatable bonds is 2. The van der Waals surface area contributed by atoms with Crippen LogP contribution in [0.4, 0.5) is 0 Å². The maximum absolute atomic E-state index is 10.3. The van der Waals surface area contributed by atoms with Gasteiger partial charge in [-0.2, -0.15) is 0 Å². The number of halogens is 1. The summed E-state index contributed by atoms with van der Waals surface area (Å²) in [4.78, 5) is 14.0. The molecule has 0 amide bonds. The molecule has 0 atom stereocenters. The molecule has 4 nitrogen and oxygen atoms in total. The summed E-state index contributed by atoms with van der Waals surface area (Å²) >= 11 is 5.68. The molecule has 1 rings (SSSR count). The number of aromatic nitrogens is 1. The zero-order valence-electron chi connectivity index (χ0n) is 6.57. The van der Waals surface area contributed by atoms with Crippen LogP contribution in [0.2, 0.25) is 5.15 Å². The van der Waals surface area contributed by atoms with Crippen molar-refractivity contribution in [3.63, 3.8) is 0 Å². The molecule has 1 aromatic heterocycles. The second-order valence-electron chi connectivity index (χ2n) is 2.28. The first-order valence-electron chi connectivity index (χ1n) is 3.42. The Bertz CT molecular complexity index is 363. The lowest BCUT2D eigenvalue weighted by molar-refractivity contribution is -0.131. The summed E-state index contributed by atoms with van der Waals surface area (Å²) in [5.74, 6) is -1.11. The van der Waals surface area contributed by atoms with E-state index in [-0.39, 0.29) is 10.9 Å². The van der Waals surface area contributed by atoms with E-state index >= 15 is 0 Å². The highest BCUT2D eigenvalue weighted by atomic mass is 35.5. The number of carboxylic acids is 1. The van der Waals surface area contributed by atoms with E-state index in [9.17, 15) is 4.79 Å². The number of nitrogens with two attached hydrogens (primary N) is 1. The van der Waals surface area contributed by atoms with Crippen molar-refractivity contribution in [2.45, 2.75) is 0 Å². The van der Waals surface area contributed by atoms with Gasteiger partial charge in [0.15, 0.2) is 0 Å². The molecule has 0 aromatic carbocycles. The summed E-state index contributed by atoms with van der Waals surface area (Å²) in [6.07, 6.45) is 2.38. The van der Waals surface area contributed by atoms with Gasteiger partial charge in [0.25, 0.3) is 0 Å². The van der Waals surface area contributed by atoms with Gasteiger partial charge in [-0.25, -0.2) is 9.78 Å². The van der Waals surface area contributed by atoms with Crippen LogP contribution in [0.5, 0.6) is 0 Å². The zero-order valence-corrected chi connectivity index (χ0v) is 7.32. The predicted octanol–water partition coefficient (Wildman–Crippen LogP) is 1.12. The quantitative estimate of drug-likeness (QED) is 0.552. The summed E-state index contributed by atoms with van der Waals surface area (Å²) in [7, 11) is 0. The molecule has 0 radical (unpaired) electrons. The first-order chi connectivity index (χ1) is 6.11. The van der Waals surface area contributed by atoms with E-state index in [1.165, 1.54) is 6.20 Å². The lowest BCUT2D eigenvalue weighted by Crippen LogP contribution is -2.01. The van der Waals surface area contributed by atoms with Gasteiger partial charge in [-0.15, -0.1) is 0 Å². The normalized spacial score (nSPS) is 11.3. The van der Waals surface area contributed by atoms with Crippen LogP contribution in [0, 0.1) is 0 Å². The van der Waals surface area contributed by atoms with E-state index in [0.717, 1.165) is 6.08 Å². The molecule has 0 aliphatic rings. The van der Waals surface area contributed by atoms with E-state index in [1.54, 1.807) is 12.1 Å². The molecular formula is C8H7ClN2O2. The molecule has 0 saturated heterocycles. The van der Waals surface area contributed by atoms with Gasteiger partial charge >= 0.3 is 5.97 Å². The van der Waals surface area contributed by atoms with Gasteiger partial charge in [-0.1, -0.05) is 11.6 Å². The van der Waals surface area contributed by atoms with Crippen molar-refractivity contribution in [3.8, 4) is 0 Å². The molecule has 0 aliphatic heterocycles. The van der Waals surface area contributed by atoms with Crippen molar-refractivity contribution >= 4 is 23.3 Å². The van der Waals surface area contributed by atoms with Crippen LogP contribution in [-0.4, -0.2) is 16.1 Å². The number of carboxylic acid groups (broad SMARTS) is 1. The van der Waals surface area contributed by atoms with E-state index < -0.39 is 5.97 Å². The predicted molar refractivity (Wildman–Crippen MR) is 49.0 cm³/mol. The first-order valence-corrected chi connectivity index (χ1v) is 3.80. The molecular weight excluding hydrogens is 192 g/mol. The highest BCUT2D eigenvalue weighted by molar-refractivity contribution is 6.31. The second-order valence-corrected chi connectivity index (χ2v) is 2.64. The molecule has 3 N–H and O–H groups in total. The Labute approximate surface area is 79.7 Å². The largest absolute Gasteiger partial charge is 0.478 e. The summed E-state index contributed by atoms with van der Waals surface area (Å²) in [5, 5.41) is 8.61. The third kappa shape index (κ3) is 2.45. The summed E-state index contributed by atoms with van der Waals surface area (Å²) in [6, 6.07) is 3.23. The Balaban J connectivity index is 3.08. The molecule has 0 unspecified atom stereocenters. The fourth-order valence-corrected chi connectivity index (χ4v) is 1.04. The number of pyridine rings is 1. The van der Waals surface area contributed by atoms with Crippen LogP contribution in [0.1, 0.15) is 5.56 Å². The average molecular weight is 199 g/mol. The van der Waals surface area contributed by atoms with E-state index in [0.29, 0.717) is 5.56 Å². The molecule has 13 heavy (non-hydrogen) atoms. The van der Waals surface area contributed by atoms with Crippen molar-refractivity contribution in [2.75, 3.05) is 0 Å². The molecule has 1 heterocycles. The van der Waals surface area contributed by atoms with Gasteiger partial charge in [-0.05, 0) is 12.1 Å². The first kappa shape index (κ1) is 9.54. The molecule has 1 aromatic rings. The van der Waals surface area contributed by atoms with Gasteiger partial charge in [0.1, 0.15) is 5.15 Å². The topological polar surface area (TPSA) is 76.2 Å². The Hall–Kier alpha value is -1.55. The fourth-order valence-electron chi connectivity index (χ4n) is 0.812. The molecule has 0 spiro atoms. The van der Waals surface area contributed by atoms with Crippen molar-refractivity contribution < 1.29 is 9.90 Å². The number of aliphatic carboxylic acids is 1. The highest BCUT2D eigenvalue weighted by Gasteiger charge is 2.04. The monoisotopic (exact) mass is 198 g/mol. The van der Waals surface area contributed by atoms with Crippen LogP contribution in [0.25, 0.3) is 5.70 Å². The molecule has 0 saturated carbocycles. The number of hydrogen-bond donors (Lipinski definition) is 2. The second kappa shape index (κ2) is 3.91. The number of hydrogen-bond acceptors (Lipinski definition) is 3. The van der Waals surface area contributed by atoms with E-state index in [4.69, 9.17) is 22.4 Å². The average Bonchev–Trinajstić information content (AvgIpc) is 2.03. The molecule has 0 aliphatic carbocycles. The standard InChI is InChI=1S/C8H7ClN2O2/c9-8-5(2-1-3-11-8)6(10)4-7(12)13/h1-4H,10H2,(H,12,13)/b6-4+.